The average Bonchev–Trinajstić information content (AvgIpc) is 2.26. The average molecular weight is 261 g/mol. The van der Waals surface area contributed by atoms with E-state index >= 15 is 0 Å². The van der Waals surface area contributed by atoms with Crippen molar-refractivity contribution in [2.75, 3.05) is 0 Å². The molecule has 0 amide bonds. The Morgan fingerprint density at radius 1 is 1.28 bits per heavy atom. The van der Waals surface area contributed by atoms with Gasteiger partial charge in [-0.2, -0.15) is 0 Å². The van der Waals surface area contributed by atoms with E-state index in [0.717, 1.165) is 6.42 Å². The van der Waals surface area contributed by atoms with Crippen molar-refractivity contribution in [2.45, 2.75) is 39.6 Å². The molecular formula is C13H18F3NO. The molecule has 0 aromatic heterocycles. The van der Waals surface area contributed by atoms with E-state index in [1.54, 1.807) is 6.07 Å². The molecule has 18 heavy (non-hydrogen) atoms. The molecule has 0 saturated heterocycles. The fourth-order valence-corrected chi connectivity index (χ4v) is 1.58. The molecule has 0 bridgehead atoms. The third-order valence-electron chi connectivity index (χ3n) is 3.20. The Bertz CT molecular complexity index is 401. The van der Waals surface area contributed by atoms with E-state index in [1.807, 2.05) is 20.8 Å². The molecule has 0 heterocycles. The molecule has 0 saturated carbocycles. The van der Waals surface area contributed by atoms with Crippen molar-refractivity contribution < 1.29 is 17.9 Å². The summed E-state index contributed by atoms with van der Waals surface area (Å²) in [5.41, 5.74) is 6.54. The number of rotatable bonds is 4. The van der Waals surface area contributed by atoms with Crippen molar-refractivity contribution in [1.29, 1.82) is 0 Å². The molecule has 0 aliphatic carbocycles. The fraction of sp³-hybridized carbons (Fsp3) is 0.538. The van der Waals surface area contributed by atoms with E-state index in [1.165, 1.54) is 18.2 Å². The molecule has 1 aromatic carbocycles. The van der Waals surface area contributed by atoms with Gasteiger partial charge < -0.3 is 10.5 Å². The van der Waals surface area contributed by atoms with Crippen LogP contribution in [0.25, 0.3) is 0 Å². The minimum Gasteiger partial charge on any atom is -0.406 e. The summed E-state index contributed by atoms with van der Waals surface area (Å²) in [6.07, 6.45) is -3.85. The molecule has 0 spiro atoms. The van der Waals surface area contributed by atoms with E-state index in [-0.39, 0.29) is 17.2 Å². The Balaban J connectivity index is 2.95. The highest BCUT2D eigenvalue weighted by Gasteiger charge is 2.32. The van der Waals surface area contributed by atoms with Crippen molar-refractivity contribution >= 4 is 0 Å². The van der Waals surface area contributed by atoms with Gasteiger partial charge in [0.2, 0.25) is 0 Å². The lowest BCUT2D eigenvalue weighted by atomic mass is 9.79. The van der Waals surface area contributed by atoms with Crippen LogP contribution in [0.4, 0.5) is 13.2 Å². The minimum atomic E-state index is -4.68. The quantitative estimate of drug-likeness (QED) is 0.888. The predicted molar refractivity (Wildman–Crippen MR) is 64.1 cm³/mol. The maximum absolute atomic E-state index is 12.1. The Labute approximate surface area is 105 Å². The van der Waals surface area contributed by atoms with E-state index in [4.69, 9.17) is 5.73 Å². The topological polar surface area (TPSA) is 35.2 Å². The van der Waals surface area contributed by atoms with Crippen LogP contribution < -0.4 is 10.5 Å². The van der Waals surface area contributed by atoms with Crippen LogP contribution in [-0.2, 0) is 0 Å². The lowest BCUT2D eigenvalue weighted by Gasteiger charge is -2.30. The first-order valence-electron chi connectivity index (χ1n) is 5.77. The van der Waals surface area contributed by atoms with Crippen LogP contribution in [0.2, 0.25) is 0 Å². The molecule has 1 rings (SSSR count). The van der Waals surface area contributed by atoms with Crippen LogP contribution >= 0.6 is 0 Å². The van der Waals surface area contributed by atoms with Crippen molar-refractivity contribution in [1.82, 2.24) is 0 Å². The van der Waals surface area contributed by atoms with Crippen LogP contribution in [0.1, 0.15) is 38.8 Å². The van der Waals surface area contributed by atoms with Crippen LogP contribution in [0, 0.1) is 5.41 Å². The summed E-state index contributed by atoms with van der Waals surface area (Å²) in [6.45, 7) is 5.96. The summed E-state index contributed by atoms with van der Waals surface area (Å²) in [5.74, 6) is -0.234. The van der Waals surface area contributed by atoms with Crippen LogP contribution in [0.3, 0.4) is 0 Å². The molecule has 1 atom stereocenters. The molecule has 102 valence electrons. The zero-order valence-electron chi connectivity index (χ0n) is 10.7. The van der Waals surface area contributed by atoms with Gasteiger partial charge in [0.05, 0.1) is 0 Å². The number of nitrogens with two attached hydrogens (primary N) is 1. The van der Waals surface area contributed by atoms with Crippen molar-refractivity contribution in [3.8, 4) is 5.75 Å². The Kier molecular flexibility index (Phi) is 4.27. The predicted octanol–water partition coefficient (Wildman–Crippen LogP) is 4.02. The number of benzene rings is 1. The molecular weight excluding hydrogens is 243 g/mol. The van der Waals surface area contributed by atoms with Gasteiger partial charge in [0.1, 0.15) is 5.75 Å². The lowest BCUT2D eigenvalue weighted by Crippen LogP contribution is -2.28. The van der Waals surface area contributed by atoms with Gasteiger partial charge >= 0.3 is 6.36 Å². The summed E-state index contributed by atoms with van der Waals surface area (Å²) in [6, 6.07) is 5.50. The second-order valence-corrected chi connectivity index (χ2v) is 4.94. The first kappa shape index (κ1) is 14.8. The SMILES string of the molecule is CCC(C)(C)C(N)c1cccc(OC(F)(F)F)c1. The highest BCUT2D eigenvalue weighted by atomic mass is 19.4. The van der Waals surface area contributed by atoms with E-state index < -0.39 is 6.36 Å². The molecule has 0 fully saturated rings. The zero-order valence-corrected chi connectivity index (χ0v) is 10.7. The highest BCUT2D eigenvalue weighted by molar-refractivity contribution is 5.31. The number of ether oxygens (including phenoxy) is 1. The molecule has 0 radical (unpaired) electrons. The Morgan fingerprint density at radius 2 is 1.89 bits per heavy atom. The summed E-state index contributed by atoms with van der Waals surface area (Å²) in [7, 11) is 0. The van der Waals surface area contributed by atoms with Gasteiger partial charge in [0, 0.05) is 6.04 Å². The number of hydrogen-bond acceptors (Lipinski definition) is 2. The first-order valence-corrected chi connectivity index (χ1v) is 5.77. The summed E-state index contributed by atoms with van der Waals surface area (Å²) < 4.78 is 40.2. The summed E-state index contributed by atoms with van der Waals surface area (Å²) >= 11 is 0. The lowest BCUT2D eigenvalue weighted by molar-refractivity contribution is -0.274. The van der Waals surface area contributed by atoms with Gasteiger partial charge in [-0.1, -0.05) is 32.9 Å². The van der Waals surface area contributed by atoms with Crippen LogP contribution in [0.15, 0.2) is 24.3 Å². The van der Waals surface area contributed by atoms with Gasteiger partial charge in [-0.15, -0.1) is 13.2 Å². The van der Waals surface area contributed by atoms with Gasteiger partial charge in [-0.25, -0.2) is 0 Å². The third-order valence-corrected chi connectivity index (χ3v) is 3.20. The van der Waals surface area contributed by atoms with E-state index in [0.29, 0.717) is 5.56 Å². The highest BCUT2D eigenvalue weighted by Crippen LogP contribution is 2.35. The zero-order chi connectivity index (χ0) is 14.0. The van der Waals surface area contributed by atoms with E-state index in [2.05, 4.69) is 4.74 Å². The van der Waals surface area contributed by atoms with Crippen molar-refractivity contribution in [3.05, 3.63) is 29.8 Å². The number of hydrogen-bond donors (Lipinski definition) is 1. The number of alkyl halides is 3. The minimum absolute atomic E-state index is 0.184. The first-order chi connectivity index (χ1) is 8.15. The summed E-state index contributed by atoms with van der Waals surface area (Å²) in [4.78, 5) is 0. The third kappa shape index (κ3) is 3.91. The second-order valence-electron chi connectivity index (χ2n) is 4.94. The maximum atomic E-state index is 12.1. The van der Waals surface area contributed by atoms with E-state index in [9.17, 15) is 13.2 Å². The van der Waals surface area contributed by atoms with Crippen LogP contribution in [-0.4, -0.2) is 6.36 Å². The van der Waals surface area contributed by atoms with Gasteiger partial charge in [0.25, 0.3) is 0 Å². The summed E-state index contributed by atoms with van der Waals surface area (Å²) in [5, 5.41) is 0. The monoisotopic (exact) mass is 261 g/mol. The van der Waals surface area contributed by atoms with Crippen molar-refractivity contribution in [2.24, 2.45) is 11.1 Å². The molecule has 5 heteroatoms. The largest absolute Gasteiger partial charge is 0.573 e. The maximum Gasteiger partial charge on any atom is 0.573 e. The van der Waals surface area contributed by atoms with Gasteiger partial charge in [0.15, 0.2) is 0 Å². The Morgan fingerprint density at radius 3 is 2.39 bits per heavy atom. The van der Waals surface area contributed by atoms with Gasteiger partial charge in [-0.05, 0) is 29.5 Å². The van der Waals surface area contributed by atoms with Crippen LogP contribution in [0.5, 0.6) is 5.75 Å². The molecule has 0 aliphatic rings. The standard InChI is InChI=1S/C13H18F3NO/c1-4-12(2,3)11(17)9-6-5-7-10(8-9)18-13(14,15)16/h5-8,11H,4,17H2,1-3H3. The molecule has 0 aliphatic heterocycles. The fourth-order valence-electron chi connectivity index (χ4n) is 1.58. The molecule has 1 unspecified atom stereocenters. The van der Waals surface area contributed by atoms with Crippen molar-refractivity contribution in [3.63, 3.8) is 0 Å². The molecule has 2 nitrogen and oxygen atoms in total. The van der Waals surface area contributed by atoms with Gasteiger partial charge in [-0.3, -0.25) is 0 Å². The normalized spacial score (nSPS) is 14.4. The molecule has 2 N–H and O–H groups in total. The number of halogens is 3. The Hall–Kier alpha value is -1.23. The smallest absolute Gasteiger partial charge is 0.406 e. The second kappa shape index (κ2) is 5.18. The molecule has 1 aromatic rings.